The van der Waals surface area contributed by atoms with Crippen LogP contribution in [0.3, 0.4) is 0 Å². The van der Waals surface area contributed by atoms with Gasteiger partial charge in [0, 0.05) is 5.39 Å². The summed E-state index contributed by atoms with van der Waals surface area (Å²) >= 11 is 2.09. The first kappa shape index (κ1) is 25.5. The van der Waals surface area contributed by atoms with E-state index in [0.29, 0.717) is 42.9 Å². The molecule has 0 radical (unpaired) electrons. The van der Waals surface area contributed by atoms with Gasteiger partial charge in [0.25, 0.3) is 5.56 Å². The third kappa shape index (κ3) is 4.86. The first-order valence-electron chi connectivity index (χ1n) is 11.6. The molecule has 5 aromatic rings. The fraction of sp³-hybridized carbons (Fsp3) is 0.143. The summed E-state index contributed by atoms with van der Waals surface area (Å²) in [6, 6.07) is 20.0. The number of furan rings is 1. The molecular weight excluding hydrogens is 601 g/mol. The molecule has 0 fully saturated rings. The number of aromatic nitrogens is 2. The SMILES string of the molecule is COC(=O)[C@@H](C)Oc1c(I)cc(C=Nn2c(-c3cc4ccccc4o3)nc3ccccc3c2=O)cc1OC. The molecule has 3 aromatic carbocycles. The van der Waals surface area contributed by atoms with Gasteiger partial charge in [0.2, 0.25) is 5.82 Å². The highest BCUT2D eigenvalue weighted by Gasteiger charge is 2.20. The number of carbonyl (C=O) groups excluding carboxylic acids is 1. The van der Waals surface area contributed by atoms with E-state index >= 15 is 0 Å². The van der Waals surface area contributed by atoms with Gasteiger partial charge in [0.1, 0.15) is 5.58 Å². The molecule has 192 valence electrons. The summed E-state index contributed by atoms with van der Waals surface area (Å²) in [5.41, 5.74) is 1.52. The first-order chi connectivity index (χ1) is 18.4. The minimum atomic E-state index is -0.824. The average Bonchev–Trinajstić information content (AvgIpc) is 3.37. The number of benzene rings is 3. The lowest BCUT2D eigenvalue weighted by Gasteiger charge is -2.17. The van der Waals surface area contributed by atoms with Gasteiger partial charge >= 0.3 is 5.97 Å². The minimum absolute atomic E-state index is 0.273. The van der Waals surface area contributed by atoms with Gasteiger partial charge in [0.15, 0.2) is 23.4 Å². The molecule has 2 aromatic heterocycles. The first-order valence-corrected chi connectivity index (χ1v) is 12.6. The molecule has 0 unspecified atom stereocenters. The van der Waals surface area contributed by atoms with Crippen molar-refractivity contribution < 1.29 is 23.4 Å². The molecule has 0 aliphatic heterocycles. The Bertz CT molecular complexity index is 1720. The quantitative estimate of drug-likeness (QED) is 0.139. The zero-order chi connectivity index (χ0) is 26.8. The van der Waals surface area contributed by atoms with Crippen molar-refractivity contribution in [2.75, 3.05) is 14.2 Å². The van der Waals surface area contributed by atoms with Crippen molar-refractivity contribution in [3.05, 3.63) is 86.2 Å². The third-order valence-electron chi connectivity index (χ3n) is 5.80. The fourth-order valence-corrected chi connectivity index (χ4v) is 4.68. The van der Waals surface area contributed by atoms with Crippen LogP contribution >= 0.6 is 22.6 Å². The average molecular weight is 623 g/mol. The molecule has 0 saturated carbocycles. The van der Waals surface area contributed by atoms with E-state index in [4.69, 9.17) is 23.6 Å². The van der Waals surface area contributed by atoms with Gasteiger partial charge < -0.3 is 18.6 Å². The number of esters is 1. The summed E-state index contributed by atoms with van der Waals surface area (Å²) in [6.45, 7) is 1.59. The molecule has 9 nitrogen and oxygen atoms in total. The van der Waals surface area contributed by atoms with Gasteiger partial charge in [-0.05, 0) is 71.5 Å². The van der Waals surface area contributed by atoms with Crippen molar-refractivity contribution >= 4 is 56.6 Å². The van der Waals surface area contributed by atoms with Gasteiger partial charge in [0.05, 0.1) is 34.9 Å². The van der Waals surface area contributed by atoms with Crippen molar-refractivity contribution in [3.63, 3.8) is 0 Å². The Morgan fingerprint density at radius 1 is 1.11 bits per heavy atom. The minimum Gasteiger partial charge on any atom is -0.493 e. The van der Waals surface area contributed by atoms with Crippen LogP contribution in [0.5, 0.6) is 11.5 Å². The number of methoxy groups -OCH3 is 2. The lowest BCUT2D eigenvalue weighted by atomic mass is 10.2. The second kappa shape index (κ2) is 10.7. The zero-order valence-electron chi connectivity index (χ0n) is 20.7. The molecule has 0 amide bonds. The number of hydrogen-bond acceptors (Lipinski definition) is 8. The summed E-state index contributed by atoms with van der Waals surface area (Å²) in [7, 11) is 2.80. The van der Waals surface area contributed by atoms with E-state index in [9.17, 15) is 9.59 Å². The molecule has 0 spiro atoms. The number of ether oxygens (including phenoxy) is 3. The molecule has 0 bridgehead atoms. The van der Waals surface area contributed by atoms with Crippen LogP contribution in [0.1, 0.15) is 12.5 Å². The van der Waals surface area contributed by atoms with Crippen LogP contribution in [0.4, 0.5) is 0 Å². The van der Waals surface area contributed by atoms with Gasteiger partial charge in [-0.3, -0.25) is 4.79 Å². The molecule has 0 saturated heterocycles. The normalized spacial score (nSPS) is 12.2. The molecule has 10 heteroatoms. The lowest BCUT2D eigenvalue weighted by Crippen LogP contribution is -2.25. The third-order valence-corrected chi connectivity index (χ3v) is 6.60. The molecule has 2 heterocycles. The predicted octanol–water partition coefficient (Wildman–Crippen LogP) is 5.25. The Morgan fingerprint density at radius 3 is 2.63 bits per heavy atom. The molecule has 0 aliphatic rings. The maximum absolute atomic E-state index is 13.5. The molecule has 38 heavy (non-hydrogen) atoms. The van der Waals surface area contributed by atoms with E-state index < -0.39 is 12.1 Å². The summed E-state index contributed by atoms with van der Waals surface area (Å²) in [4.78, 5) is 30.0. The summed E-state index contributed by atoms with van der Waals surface area (Å²) < 4.78 is 23.9. The van der Waals surface area contributed by atoms with E-state index in [-0.39, 0.29) is 11.4 Å². The van der Waals surface area contributed by atoms with Crippen LogP contribution < -0.4 is 15.0 Å². The van der Waals surface area contributed by atoms with Crippen molar-refractivity contribution in [1.82, 2.24) is 9.66 Å². The Labute approximate surface area is 230 Å². The second-order valence-electron chi connectivity index (χ2n) is 8.28. The van der Waals surface area contributed by atoms with E-state index in [0.717, 1.165) is 5.39 Å². The topological polar surface area (TPSA) is 105 Å². The predicted molar refractivity (Wildman–Crippen MR) is 152 cm³/mol. The number of rotatable bonds is 7. The van der Waals surface area contributed by atoms with E-state index in [2.05, 4.69) is 27.7 Å². The van der Waals surface area contributed by atoms with Crippen molar-refractivity contribution in [2.45, 2.75) is 13.0 Å². The second-order valence-corrected chi connectivity index (χ2v) is 9.44. The van der Waals surface area contributed by atoms with E-state index in [1.54, 1.807) is 37.3 Å². The van der Waals surface area contributed by atoms with Crippen LogP contribution in [0.25, 0.3) is 33.5 Å². The van der Waals surface area contributed by atoms with Crippen LogP contribution in [0.15, 0.2) is 81.0 Å². The van der Waals surface area contributed by atoms with Crippen molar-refractivity contribution in [2.24, 2.45) is 5.10 Å². The summed E-state index contributed by atoms with van der Waals surface area (Å²) in [6.07, 6.45) is 0.706. The zero-order valence-corrected chi connectivity index (χ0v) is 22.8. The van der Waals surface area contributed by atoms with Crippen molar-refractivity contribution in [3.8, 4) is 23.1 Å². The molecule has 5 rings (SSSR count). The number of nitrogens with zero attached hydrogens (tertiary/aromatic N) is 3. The Kier molecular flexibility index (Phi) is 7.14. The van der Waals surface area contributed by atoms with Crippen molar-refractivity contribution in [1.29, 1.82) is 0 Å². The number of fused-ring (bicyclic) bond motifs is 2. The van der Waals surface area contributed by atoms with Crippen LogP contribution in [0, 0.1) is 3.57 Å². The number of halogens is 1. The Morgan fingerprint density at radius 2 is 1.87 bits per heavy atom. The summed E-state index contributed by atoms with van der Waals surface area (Å²) in [5.74, 6) is 0.981. The maximum atomic E-state index is 13.5. The highest BCUT2D eigenvalue weighted by atomic mass is 127. The Balaban J connectivity index is 1.60. The molecule has 0 N–H and O–H groups in total. The highest BCUT2D eigenvalue weighted by Crippen LogP contribution is 2.34. The number of carbonyl (C=O) groups is 1. The van der Waals surface area contributed by atoms with Crippen LogP contribution in [-0.4, -0.2) is 42.2 Å². The van der Waals surface area contributed by atoms with Crippen LogP contribution in [-0.2, 0) is 9.53 Å². The molecule has 0 aliphatic carbocycles. The number of para-hydroxylation sites is 2. The number of hydrogen-bond donors (Lipinski definition) is 0. The van der Waals surface area contributed by atoms with Gasteiger partial charge in [-0.15, -0.1) is 0 Å². The van der Waals surface area contributed by atoms with Gasteiger partial charge in [-0.1, -0.05) is 30.3 Å². The maximum Gasteiger partial charge on any atom is 0.346 e. The summed E-state index contributed by atoms with van der Waals surface area (Å²) in [5, 5.41) is 5.82. The fourth-order valence-electron chi connectivity index (χ4n) is 3.93. The lowest BCUT2D eigenvalue weighted by molar-refractivity contribution is -0.147. The smallest absolute Gasteiger partial charge is 0.346 e. The van der Waals surface area contributed by atoms with Gasteiger partial charge in [-0.25, -0.2) is 9.78 Å². The highest BCUT2D eigenvalue weighted by molar-refractivity contribution is 14.1. The largest absolute Gasteiger partial charge is 0.493 e. The van der Waals surface area contributed by atoms with Crippen LogP contribution in [0.2, 0.25) is 0 Å². The van der Waals surface area contributed by atoms with Gasteiger partial charge in [-0.2, -0.15) is 9.78 Å². The Hall–Kier alpha value is -4.19. The molecular formula is C28H22IN3O6. The van der Waals surface area contributed by atoms with E-state index in [1.165, 1.54) is 25.1 Å². The molecule has 1 atom stereocenters. The monoisotopic (exact) mass is 623 g/mol. The standard InChI is InChI=1S/C28H22IN3O6/c1-16(28(34)36-3)37-25-20(29)12-17(13-23(25)35-2)15-30-32-26(24-14-18-8-4-7-11-22(18)38-24)31-21-10-6-5-9-19(21)27(32)33/h4-16H,1-3H3/t16-/m1/s1. The van der Waals surface area contributed by atoms with E-state index in [1.807, 2.05) is 36.4 Å².